The van der Waals surface area contributed by atoms with E-state index in [-0.39, 0.29) is 0 Å². The largest absolute Gasteiger partial charge is 0.301 e. The van der Waals surface area contributed by atoms with Crippen LogP contribution in [0.2, 0.25) is 5.02 Å². The Morgan fingerprint density at radius 1 is 1.00 bits per heavy atom. The molecule has 6 heteroatoms. The normalized spacial score (nSPS) is 16.4. The van der Waals surface area contributed by atoms with Gasteiger partial charge in [-0.05, 0) is 55.4 Å². The molecule has 0 aliphatic carbocycles. The maximum absolute atomic E-state index is 5.87. The highest BCUT2D eigenvalue weighted by molar-refractivity contribution is 6.30. The van der Waals surface area contributed by atoms with E-state index in [1.54, 1.807) is 4.80 Å². The van der Waals surface area contributed by atoms with Gasteiger partial charge in [0.1, 0.15) is 0 Å². The zero-order valence-electron chi connectivity index (χ0n) is 11.4. The molecule has 3 rings (SSSR count). The Morgan fingerprint density at radius 3 is 2.50 bits per heavy atom. The van der Waals surface area contributed by atoms with Gasteiger partial charge in [0.25, 0.3) is 0 Å². The van der Waals surface area contributed by atoms with E-state index in [1.807, 2.05) is 24.3 Å². The highest BCUT2D eigenvalue weighted by atomic mass is 35.5. The molecule has 0 bridgehead atoms. The third-order valence-electron chi connectivity index (χ3n) is 3.62. The summed E-state index contributed by atoms with van der Waals surface area (Å²) < 4.78 is 0. The molecule has 0 saturated carbocycles. The lowest BCUT2D eigenvalue weighted by atomic mass is 10.1. The molecule has 1 fully saturated rings. The highest BCUT2D eigenvalue weighted by Gasteiger charge is 2.11. The molecule has 1 aliphatic heterocycles. The number of likely N-dealkylation sites (tertiary alicyclic amines) is 1. The third-order valence-corrected chi connectivity index (χ3v) is 3.87. The van der Waals surface area contributed by atoms with Gasteiger partial charge in [0.15, 0.2) is 0 Å². The van der Waals surface area contributed by atoms with Gasteiger partial charge in [-0.3, -0.25) is 0 Å². The van der Waals surface area contributed by atoms with Crippen LogP contribution in [-0.2, 0) is 6.54 Å². The Hall–Kier alpha value is -1.46. The first kappa shape index (κ1) is 13.5. The SMILES string of the molecule is Clc1ccc(-c2nnn(CCN3CCCCC3)n2)cc1. The second kappa shape index (κ2) is 6.33. The van der Waals surface area contributed by atoms with Crippen molar-refractivity contribution in [1.82, 2.24) is 25.1 Å². The Kier molecular flexibility index (Phi) is 4.28. The molecule has 1 aromatic carbocycles. The number of hydrogen-bond acceptors (Lipinski definition) is 4. The lowest BCUT2D eigenvalue weighted by Crippen LogP contribution is -2.33. The standard InChI is InChI=1S/C14H18ClN5/c15-13-6-4-12(5-7-13)14-16-18-20(17-14)11-10-19-8-2-1-3-9-19/h4-7H,1-3,8-11H2. The van der Waals surface area contributed by atoms with Crippen LogP contribution >= 0.6 is 11.6 Å². The van der Waals surface area contributed by atoms with Crippen molar-refractivity contribution in [2.45, 2.75) is 25.8 Å². The van der Waals surface area contributed by atoms with Gasteiger partial charge in [-0.25, -0.2) is 0 Å². The molecule has 106 valence electrons. The van der Waals surface area contributed by atoms with Crippen molar-refractivity contribution < 1.29 is 0 Å². The van der Waals surface area contributed by atoms with Crippen LogP contribution in [0.4, 0.5) is 0 Å². The lowest BCUT2D eigenvalue weighted by Gasteiger charge is -2.25. The van der Waals surface area contributed by atoms with Gasteiger partial charge in [-0.15, -0.1) is 10.2 Å². The summed E-state index contributed by atoms with van der Waals surface area (Å²) in [4.78, 5) is 4.15. The monoisotopic (exact) mass is 291 g/mol. The minimum atomic E-state index is 0.653. The molecule has 0 radical (unpaired) electrons. The first-order chi connectivity index (χ1) is 9.81. The van der Waals surface area contributed by atoms with Crippen LogP contribution in [0.3, 0.4) is 0 Å². The van der Waals surface area contributed by atoms with E-state index in [4.69, 9.17) is 11.6 Å². The highest BCUT2D eigenvalue weighted by Crippen LogP contribution is 2.17. The van der Waals surface area contributed by atoms with Crippen molar-refractivity contribution >= 4 is 11.6 Å². The number of nitrogens with zero attached hydrogens (tertiary/aromatic N) is 5. The summed E-state index contributed by atoms with van der Waals surface area (Å²) in [6, 6.07) is 7.50. The molecule has 5 nitrogen and oxygen atoms in total. The summed E-state index contributed by atoms with van der Waals surface area (Å²) in [6.45, 7) is 4.18. The quantitative estimate of drug-likeness (QED) is 0.868. The molecule has 1 aromatic heterocycles. The number of hydrogen-bond donors (Lipinski definition) is 0. The smallest absolute Gasteiger partial charge is 0.204 e. The van der Waals surface area contributed by atoms with Crippen LogP contribution in [0, 0.1) is 0 Å². The van der Waals surface area contributed by atoms with Crippen LogP contribution in [0.5, 0.6) is 0 Å². The third kappa shape index (κ3) is 3.35. The molecule has 0 unspecified atom stereocenters. The van der Waals surface area contributed by atoms with Crippen molar-refractivity contribution in [3.8, 4) is 11.4 Å². The molecule has 1 aliphatic rings. The zero-order valence-corrected chi connectivity index (χ0v) is 12.1. The topological polar surface area (TPSA) is 46.8 Å². The summed E-state index contributed by atoms with van der Waals surface area (Å²) in [7, 11) is 0. The Balaban J connectivity index is 1.60. The van der Waals surface area contributed by atoms with Crippen LogP contribution in [0.1, 0.15) is 19.3 Å². The lowest BCUT2D eigenvalue weighted by molar-refractivity contribution is 0.213. The van der Waals surface area contributed by atoms with Gasteiger partial charge in [-0.1, -0.05) is 18.0 Å². The van der Waals surface area contributed by atoms with Gasteiger partial charge in [0.2, 0.25) is 5.82 Å². The Morgan fingerprint density at radius 2 is 1.75 bits per heavy atom. The Labute approximate surface area is 123 Å². The first-order valence-corrected chi connectivity index (χ1v) is 7.45. The molecule has 0 atom stereocenters. The van der Waals surface area contributed by atoms with Crippen molar-refractivity contribution in [3.05, 3.63) is 29.3 Å². The van der Waals surface area contributed by atoms with Gasteiger partial charge in [-0.2, -0.15) is 4.80 Å². The Bertz CT molecular complexity index is 545. The van der Waals surface area contributed by atoms with E-state index >= 15 is 0 Å². The van der Waals surface area contributed by atoms with Gasteiger partial charge >= 0.3 is 0 Å². The van der Waals surface area contributed by atoms with Gasteiger partial charge in [0, 0.05) is 17.1 Å². The van der Waals surface area contributed by atoms with E-state index < -0.39 is 0 Å². The van der Waals surface area contributed by atoms with Crippen LogP contribution < -0.4 is 0 Å². The molecule has 2 aromatic rings. The van der Waals surface area contributed by atoms with Crippen molar-refractivity contribution in [2.24, 2.45) is 0 Å². The molecule has 0 amide bonds. The van der Waals surface area contributed by atoms with Crippen molar-refractivity contribution in [2.75, 3.05) is 19.6 Å². The fourth-order valence-electron chi connectivity index (χ4n) is 2.47. The van der Waals surface area contributed by atoms with Gasteiger partial charge in [0.05, 0.1) is 6.54 Å². The molecule has 0 N–H and O–H groups in total. The second-order valence-corrected chi connectivity index (χ2v) is 5.55. The molecule has 0 spiro atoms. The summed E-state index contributed by atoms with van der Waals surface area (Å²) >= 11 is 5.87. The number of piperidine rings is 1. The van der Waals surface area contributed by atoms with E-state index in [9.17, 15) is 0 Å². The molecule has 1 saturated heterocycles. The average Bonchev–Trinajstić information content (AvgIpc) is 2.96. The van der Waals surface area contributed by atoms with Crippen LogP contribution in [0.15, 0.2) is 24.3 Å². The van der Waals surface area contributed by atoms with E-state index in [1.165, 1.54) is 32.4 Å². The fourth-order valence-corrected chi connectivity index (χ4v) is 2.59. The maximum Gasteiger partial charge on any atom is 0.204 e. The number of rotatable bonds is 4. The predicted octanol–water partition coefficient (Wildman–Crippen LogP) is 2.48. The molecule has 2 heterocycles. The number of benzene rings is 1. The first-order valence-electron chi connectivity index (χ1n) is 7.07. The predicted molar refractivity (Wildman–Crippen MR) is 78.6 cm³/mol. The maximum atomic E-state index is 5.87. The van der Waals surface area contributed by atoms with Crippen molar-refractivity contribution in [3.63, 3.8) is 0 Å². The van der Waals surface area contributed by atoms with E-state index in [0.717, 1.165) is 18.7 Å². The van der Waals surface area contributed by atoms with Crippen LogP contribution in [-0.4, -0.2) is 44.7 Å². The van der Waals surface area contributed by atoms with E-state index in [0.29, 0.717) is 10.8 Å². The zero-order chi connectivity index (χ0) is 13.8. The number of halogens is 1. The van der Waals surface area contributed by atoms with Crippen molar-refractivity contribution in [1.29, 1.82) is 0 Å². The summed E-state index contributed by atoms with van der Waals surface area (Å²) in [5.74, 6) is 0.653. The number of aromatic nitrogens is 4. The molecular weight excluding hydrogens is 274 g/mol. The second-order valence-electron chi connectivity index (χ2n) is 5.12. The number of tetrazole rings is 1. The minimum Gasteiger partial charge on any atom is -0.301 e. The summed E-state index contributed by atoms with van der Waals surface area (Å²) in [5, 5.41) is 13.3. The molecular formula is C14H18ClN5. The summed E-state index contributed by atoms with van der Waals surface area (Å²) in [6.07, 6.45) is 3.97. The molecule has 20 heavy (non-hydrogen) atoms. The van der Waals surface area contributed by atoms with Crippen LogP contribution in [0.25, 0.3) is 11.4 Å². The minimum absolute atomic E-state index is 0.653. The average molecular weight is 292 g/mol. The summed E-state index contributed by atoms with van der Waals surface area (Å²) in [5.41, 5.74) is 0.943. The van der Waals surface area contributed by atoms with Gasteiger partial charge < -0.3 is 4.90 Å². The van der Waals surface area contributed by atoms with E-state index in [2.05, 4.69) is 20.3 Å². The fraction of sp³-hybridized carbons (Fsp3) is 0.500.